The fraction of sp³-hybridized carbons (Fsp3) is 0. The summed E-state index contributed by atoms with van der Waals surface area (Å²) in [6.07, 6.45) is 0. The molecule has 3 rings (SSSR count). The van der Waals surface area contributed by atoms with Gasteiger partial charge >= 0.3 is 0 Å². The van der Waals surface area contributed by atoms with E-state index in [2.05, 4.69) is 20.1 Å². The van der Waals surface area contributed by atoms with Crippen molar-refractivity contribution in [2.45, 2.75) is 0 Å². The standard InChI is InChI=1S/C12H6N6/c13-17-15-10-6-5-9-7-3-1-2-4-8(7)11(9)12(10)16-18-14/h1-6H. The van der Waals surface area contributed by atoms with Crippen LogP contribution in [0.4, 0.5) is 11.4 Å². The molecule has 0 aromatic heterocycles. The van der Waals surface area contributed by atoms with E-state index in [-0.39, 0.29) is 0 Å². The van der Waals surface area contributed by atoms with Gasteiger partial charge in [0.15, 0.2) is 0 Å². The van der Waals surface area contributed by atoms with Crippen LogP contribution in [0.25, 0.3) is 43.1 Å². The molecule has 0 bridgehead atoms. The summed E-state index contributed by atoms with van der Waals surface area (Å²) in [6, 6.07) is 11.4. The van der Waals surface area contributed by atoms with Crippen molar-refractivity contribution in [3.05, 3.63) is 57.3 Å². The van der Waals surface area contributed by atoms with E-state index in [1.165, 1.54) is 0 Å². The average Bonchev–Trinajstić information content (AvgIpc) is 2.38. The van der Waals surface area contributed by atoms with E-state index in [9.17, 15) is 0 Å². The van der Waals surface area contributed by atoms with Crippen LogP contribution in [-0.4, -0.2) is 0 Å². The lowest BCUT2D eigenvalue weighted by molar-refractivity contribution is 1.38. The Hall–Kier alpha value is -2.94. The number of fused-ring (bicyclic) bond motifs is 4. The van der Waals surface area contributed by atoms with Crippen LogP contribution in [-0.2, 0) is 0 Å². The number of benzene rings is 2. The number of rotatable bonds is 2. The number of nitrogens with zero attached hydrogens (tertiary/aromatic N) is 6. The Kier molecular flexibility index (Phi) is 2.17. The van der Waals surface area contributed by atoms with Crippen LogP contribution in [0.5, 0.6) is 0 Å². The van der Waals surface area contributed by atoms with Gasteiger partial charge in [0.2, 0.25) is 0 Å². The summed E-state index contributed by atoms with van der Waals surface area (Å²) >= 11 is 0. The fourth-order valence-corrected chi connectivity index (χ4v) is 2.23. The van der Waals surface area contributed by atoms with Crippen molar-refractivity contribution in [3.8, 4) is 22.3 Å². The predicted molar refractivity (Wildman–Crippen MR) is 68.5 cm³/mol. The summed E-state index contributed by atoms with van der Waals surface area (Å²) in [4.78, 5) is 5.54. The first-order valence-electron chi connectivity index (χ1n) is 5.24. The zero-order valence-corrected chi connectivity index (χ0v) is 9.15. The Labute approximate surface area is 102 Å². The monoisotopic (exact) mass is 234 g/mol. The maximum Gasteiger partial charge on any atom is 0.0555 e. The van der Waals surface area contributed by atoms with Gasteiger partial charge < -0.3 is 0 Å². The van der Waals surface area contributed by atoms with E-state index in [1.807, 2.05) is 30.3 Å². The molecule has 0 spiro atoms. The summed E-state index contributed by atoms with van der Waals surface area (Å²) < 4.78 is 0. The highest BCUT2D eigenvalue weighted by molar-refractivity contribution is 6.09. The molecule has 1 aliphatic carbocycles. The third-order valence-electron chi connectivity index (χ3n) is 2.94. The van der Waals surface area contributed by atoms with Crippen LogP contribution in [0.15, 0.2) is 46.6 Å². The fourth-order valence-electron chi connectivity index (χ4n) is 2.23. The lowest BCUT2D eigenvalue weighted by Crippen LogP contribution is -1.98. The highest BCUT2D eigenvalue weighted by Crippen LogP contribution is 2.54. The van der Waals surface area contributed by atoms with Gasteiger partial charge in [-0.3, -0.25) is 0 Å². The summed E-state index contributed by atoms with van der Waals surface area (Å²) in [6.45, 7) is 0. The van der Waals surface area contributed by atoms with Crippen LogP contribution in [0.1, 0.15) is 0 Å². The normalized spacial score (nSPS) is 10.2. The minimum absolute atomic E-state index is 0.351. The zero-order chi connectivity index (χ0) is 12.5. The first kappa shape index (κ1) is 10.2. The van der Waals surface area contributed by atoms with Gasteiger partial charge in [-0.1, -0.05) is 46.6 Å². The molecule has 0 radical (unpaired) electrons. The molecule has 0 N–H and O–H groups in total. The Morgan fingerprint density at radius 2 is 1.50 bits per heavy atom. The summed E-state index contributed by atoms with van der Waals surface area (Å²) in [5.41, 5.74) is 21.9. The first-order chi connectivity index (χ1) is 8.86. The summed E-state index contributed by atoms with van der Waals surface area (Å²) in [5, 5.41) is 7.20. The second-order valence-corrected chi connectivity index (χ2v) is 3.78. The Bertz CT molecular complexity index is 751. The van der Waals surface area contributed by atoms with Crippen LogP contribution >= 0.6 is 0 Å². The molecule has 0 fully saturated rings. The van der Waals surface area contributed by atoms with E-state index < -0.39 is 0 Å². The number of hydrogen-bond acceptors (Lipinski definition) is 2. The predicted octanol–water partition coefficient (Wildman–Crippen LogP) is 5.22. The highest BCUT2D eigenvalue weighted by Gasteiger charge is 2.25. The number of azide groups is 2. The van der Waals surface area contributed by atoms with Crippen molar-refractivity contribution in [1.29, 1.82) is 0 Å². The van der Waals surface area contributed by atoms with Gasteiger partial charge in [0.05, 0.1) is 5.69 Å². The first-order valence-corrected chi connectivity index (χ1v) is 5.24. The molecule has 1 aliphatic rings. The summed E-state index contributed by atoms with van der Waals surface area (Å²) in [7, 11) is 0. The second-order valence-electron chi connectivity index (χ2n) is 3.78. The van der Waals surface area contributed by atoms with Crippen LogP contribution < -0.4 is 0 Å². The molecule has 84 valence electrons. The van der Waals surface area contributed by atoms with Gasteiger partial charge in [-0.2, -0.15) is 0 Å². The maximum atomic E-state index is 8.62. The lowest BCUT2D eigenvalue weighted by atomic mass is 9.79. The number of hydrogen-bond donors (Lipinski definition) is 0. The van der Waals surface area contributed by atoms with E-state index in [0.717, 1.165) is 22.3 Å². The quantitative estimate of drug-likeness (QED) is 0.330. The molecular formula is C12H6N6. The molecular weight excluding hydrogens is 228 g/mol. The molecule has 0 amide bonds. The SMILES string of the molecule is [N-]=[N+]=Nc1ccc2c(c1N=[N+]=[N-])-c1ccccc1-2. The Morgan fingerprint density at radius 3 is 2.22 bits per heavy atom. The minimum atomic E-state index is 0.351. The Balaban J connectivity index is 2.32. The summed E-state index contributed by atoms with van der Waals surface area (Å²) in [5.74, 6) is 0. The molecule has 0 saturated heterocycles. The van der Waals surface area contributed by atoms with Gasteiger partial charge in [0, 0.05) is 21.1 Å². The van der Waals surface area contributed by atoms with Gasteiger partial charge in [0.1, 0.15) is 0 Å². The molecule has 18 heavy (non-hydrogen) atoms. The van der Waals surface area contributed by atoms with Gasteiger partial charge in [-0.05, 0) is 27.8 Å². The smallest absolute Gasteiger partial charge is 0.0555 e. The van der Waals surface area contributed by atoms with Crippen molar-refractivity contribution >= 4 is 11.4 Å². The van der Waals surface area contributed by atoms with Crippen molar-refractivity contribution in [2.24, 2.45) is 10.2 Å². The molecule has 0 aliphatic heterocycles. The van der Waals surface area contributed by atoms with Crippen LogP contribution in [0.3, 0.4) is 0 Å². The van der Waals surface area contributed by atoms with Crippen molar-refractivity contribution in [3.63, 3.8) is 0 Å². The van der Waals surface area contributed by atoms with E-state index in [1.54, 1.807) is 6.07 Å². The largest absolute Gasteiger partial charge is 0.0616 e. The molecule has 6 heteroatoms. The van der Waals surface area contributed by atoms with Crippen molar-refractivity contribution < 1.29 is 0 Å². The molecule has 0 atom stereocenters. The van der Waals surface area contributed by atoms with Gasteiger partial charge in [0.25, 0.3) is 0 Å². The molecule has 0 saturated carbocycles. The second kappa shape index (κ2) is 3.82. The van der Waals surface area contributed by atoms with E-state index >= 15 is 0 Å². The molecule has 2 aromatic rings. The zero-order valence-electron chi connectivity index (χ0n) is 9.15. The van der Waals surface area contributed by atoms with E-state index in [4.69, 9.17) is 11.1 Å². The van der Waals surface area contributed by atoms with E-state index in [0.29, 0.717) is 11.4 Å². The van der Waals surface area contributed by atoms with Crippen molar-refractivity contribution in [2.75, 3.05) is 0 Å². The van der Waals surface area contributed by atoms with Gasteiger partial charge in [-0.15, -0.1) is 0 Å². The highest BCUT2D eigenvalue weighted by atomic mass is 15.2. The van der Waals surface area contributed by atoms with Crippen LogP contribution in [0.2, 0.25) is 0 Å². The molecule has 2 aromatic carbocycles. The molecule has 0 heterocycles. The molecule has 6 nitrogen and oxygen atoms in total. The third-order valence-corrected chi connectivity index (χ3v) is 2.94. The maximum absolute atomic E-state index is 8.62. The average molecular weight is 234 g/mol. The molecule has 0 unspecified atom stereocenters. The Morgan fingerprint density at radius 1 is 0.778 bits per heavy atom. The third kappa shape index (κ3) is 1.25. The van der Waals surface area contributed by atoms with Crippen LogP contribution in [0, 0.1) is 0 Å². The lowest BCUT2D eigenvalue weighted by Gasteiger charge is -2.26. The van der Waals surface area contributed by atoms with Gasteiger partial charge in [-0.25, -0.2) is 0 Å². The van der Waals surface area contributed by atoms with Crippen molar-refractivity contribution in [1.82, 2.24) is 0 Å². The topological polar surface area (TPSA) is 97.5 Å². The minimum Gasteiger partial charge on any atom is -0.0616 e.